The predicted octanol–water partition coefficient (Wildman–Crippen LogP) is 3.00. The van der Waals surface area contributed by atoms with Crippen molar-refractivity contribution in [2.24, 2.45) is 10.2 Å². The van der Waals surface area contributed by atoms with E-state index in [2.05, 4.69) is 15.0 Å². The Morgan fingerprint density at radius 3 is 1.98 bits per heavy atom. The molecule has 0 aliphatic carbocycles. The number of carbonyl (C=O) groups is 3. The number of carbonyl (C=O) groups excluding carboxylic acids is 3. The summed E-state index contributed by atoms with van der Waals surface area (Å²) >= 11 is 0. The molecule has 234 valence electrons. The largest absolute Gasteiger partial charge is 0.463 e. The number of nitrogens with zero attached hydrogens (tertiary/aromatic N) is 3. The Kier molecular flexibility index (Phi) is 12.1. The first-order valence-corrected chi connectivity index (χ1v) is 14.9. The van der Waals surface area contributed by atoms with Gasteiger partial charge < -0.3 is 28.6 Å². The molecule has 0 saturated carbocycles. The summed E-state index contributed by atoms with van der Waals surface area (Å²) in [6.45, 7) is 3.10. The lowest BCUT2D eigenvalue weighted by atomic mass is 10.0. The number of anilines is 1. The Morgan fingerprint density at radius 2 is 1.44 bits per heavy atom. The summed E-state index contributed by atoms with van der Waals surface area (Å²) in [6.07, 6.45) is -3.84. The second kappa shape index (κ2) is 15.5. The maximum absolute atomic E-state index is 12.8. The lowest BCUT2D eigenvalue weighted by Gasteiger charge is -2.39. The lowest BCUT2D eigenvalue weighted by Crippen LogP contribution is -2.53. The van der Waals surface area contributed by atoms with Crippen LogP contribution < -0.4 is 9.62 Å². The molecular weight excluding hydrogens is 584 g/mol. The van der Waals surface area contributed by atoms with E-state index in [9.17, 15) is 22.8 Å². The van der Waals surface area contributed by atoms with E-state index in [1.807, 2.05) is 43.3 Å². The predicted molar refractivity (Wildman–Crippen MR) is 154 cm³/mol. The fourth-order valence-electron chi connectivity index (χ4n) is 4.05. The van der Waals surface area contributed by atoms with Crippen molar-refractivity contribution in [1.82, 2.24) is 4.72 Å². The number of hydrogen-bond donors (Lipinski definition) is 1. The van der Waals surface area contributed by atoms with E-state index in [0.717, 1.165) is 5.69 Å². The zero-order chi connectivity index (χ0) is 31.6. The molecule has 2 aromatic rings. The first kappa shape index (κ1) is 33.6. The van der Waals surface area contributed by atoms with Gasteiger partial charge in [-0.25, -0.2) is 13.1 Å². The van der Waals surface area contributed by atoms with Gasteiger partial charge in [0.15, 0.2) is 12.4 Å². The Hall–Kier alpha value is -3.92. The minimum absolute atomic E-state index is 0.0131. The summed E-state index contributed by atoms with van der Waals surface area (Å²) in [6, 6.07) is 13.4. The molecule has 0 aromatic heterocycles. The third-order valence-electron chi connectivity index (χ3n) is 6.05. The topological polar surface area (TPSA) is 171 Å². The second-order valence-corrected chi connectivity index (χ2v) is 11.5. The van der Waals surface area contributed by atoms with Crippen LogP contribution in [0, 0.1) is 0 Å². The maximum atomic E-state index is 12.8. The second-order valence-electron chi connectivity index (χ2n) is 9.75. The van der Waals surface area contributed by atoms with Gasteiger partial charge in [-0.2, -0.15) is 10.2 Å². The molecule has 15 heteroatoms. The summed E-state index contributed by atoms with van der Waals surface area (Å²) in [5, 5.41) is 8.32. The van der Waals surface area contributed by atoms with Crippen LogP contribution in [0.25, 0.3) is 0 Å². The van der Waals surface area contributed by atoms with Crippen molar-refractivity contribution in [3.8, 4) is 0 Å². The molecule has 0 radical (unpaired) electrons. The van der Waals surface area contributed by atoms with E-state index in [-0.39, 0.29) is 31.1 Å². The summed E-state index contributed by atoms with van der Waals surface area (Å²) in [5.41, 5.74) is 2.15. The molecule has 1 heterocycles. The van der Waals surface area contributed by atoms with E-state index in [1.54, 1.807) is 0 Å². The Bertz CT molecular complexity index is 1380. The molecule has 43 heavy (non-hydrogen) atoms. The maximum Gasteiger partial charge on any atom is 0.303 e. The SMILES string of the molecule is CC(=O)OC[C@H]1O[C@@H](OCCNS(=O)(=O)c2ccc(/N=N/c3ccc(N(C)C)cc3)cc2)[C@H](OC(C)=O)C[C@@H]1OC(C)=O. The average Bonchev–Trinajstić information content (AvgIpc) is 2.94. The van der Waals surface area contributed by atoms with Gasteiger partial charge in [0.25, 0.3) is 0 Å². The molecule has 1 N–H and O–H groups in total. The number of azo groups is 1. The van der Waals surface area contributed by atoms with Crippen molar-refractivity contribution in [3.05, 3.63) is 48.5 Å². The van der Waals surface area contributed by atoms with Crippen molar-refractivity contribution in [3.63, 3.8) is 0 Å². The van der Waals surface area contributed by atoms with Crippen LogP contribution in [0.2, 0.25) is 0 Å². The zero-order valence-electron chi connectivity index (χ0n) is 24.6. The summed E-state index contributed by atoms with van der Waals surface area (Å²) < 4.78 is 55.1. The van der Waals surface area contributed by atoms with Crippen LogP contribution in [-0.4, -0.2) is 84.8 Å². The van der Waals surface area contributed by atoms with Gasteiger partial charge in [0.2, 0.25) is 10.0 Å². The van der Waals surface area contributed by atoms with Crippen LogP contribution in [0.3, 0.4) is 0 Å². The molecule has 2 aromatic carbocycles. The number of esters is 3. The van der Waals surface area contributed by atoms with Gasteiger partial charge in [-0.15, -0.1) is 0 Å². The third kappa shape index (κ3) is 10.7. The molecule has 1 fully saturated rings. The molecule has 1 aliphatic heterocycles. The smallest absolute Gasteiger partial charge is 0.303 e. The quantitative estimate of drug-likeness (QED) is 0.151. The molecule has 0 amide bonds. The fourth-order valence-corrected chi connectivity index (χ4v) is 5.06. The highest BCUT2D eigenvalue weighted by Crippen LogP contribution is 2.27. The van der Waals surface area contributed by atoms with E-state index in [1.165, 1.54) is 45.0 Å². The molecule has 1 saturated heterocycles. The molecule has 14 nitrogen and oxygen atoms in total. The average molecular weight is 621 g/mol. The number of nitrogens with one attached hydrogen (secondary N) is 1. The highest BCUT2D eigenvalue weighted by molar-refractivity contribution is 7.89. The summed E-state index contributed by atoms with van der Waals surface area (Å²) in [7, 11) is -0.0154. The number of ether oxygens (including phenoxy) is 5. The first-order valence-electron chi connectivity index (χ1n) is 13.4. The summed E-state index contributed by atoms with van der Waals surface area (Å²) in [4.78, 5) is 36.5. The molecular formula is C28H36N4O10S. The number of hydrogen-bond acceptors (Lipinski definition) is 13. The van der Waals surface area contributed by atoms with Gasteiger partial charge >= 0.3 is 17.9 Å². The zero-order valence-corrected chi connectivity index (χ0v) is 25.4. The number of benzene rings is 2. The molecule has 0 unspecified atom stereocenters. The normalized spacial score (nSPS) is 20.4. The van der Waals surface area contributed by atoms with Crippen LogP contribution in [0.5, 0.6) is 0 Å². The van der Waals surface area contributed by atoms with E-state index in [4.69, 9.17) is 23.7 Å². The van der Waals surface area contributed by atoms with Gasteiger partial charge in [-0.1, -0.05) is 0 Å². The Morgan fingerprint density at radius 1 is 0.884 bits per heavy atom. The molecule has 0 bridgehead atoms. The Labute approximate surface area is 250 Å². The monoisotopic (exact) mass is 620 g/mol. The van der Waals surface area contributed by atoms with Gasteiger partial charge in [-0.05, 0) is 48.5 Å². The van der Waals surface area contributed by atoms with E-state index in [0.29, 0.717) is 11.4 Å². The van der Waals surface area contributed by atoms with Crippen LogP contribution >= 0.6 is 0 Å². The van der Waals surface area contributed by atoms with Crippen LogP contribution in [0.1, 0.15) is 27.2 Å². The van der Waals surface area contributed by atoms with E-state index >= 15 is 0 Å². The number of sulfonamides is 1. The van der Waals surface area contributed by atoms with Gasteiger partial charge in [-0.3, -0.25) is 14.4 Å². The minimum Gasteiger partial charge on any atom is -0.463 e. The van der Waals surface area contributed by atoms with Crippen LogP contribution in [0.4, 0.5) is 17.1 Å². The van der Waals surface area contributed by atoms with Crippen molar-refractivity contribution in [2.75, 3.05) is 38.8 Å². The van der Waals surface area contributed by atoms with Gasteiger partial charge in [0.05, 0.1) is 22.9 Å². The van der Waals surface area contributed by atoms with Crippen molar-refractivity contribution >= 4 is 45.0 Å². The van der Waals surface area contributed by atoms with Gasteiger partial charge in [0.1, 0.15) is 18.8 Å². The van der Waals surface area contributed by atoms with E-state index < -0.39 is 52.5 Å². The molecule has 3 rings (SSSR count). The standard InChI is InChI=1S/C28H36N4O10S/c1-18(33)39-17-27-25(40-19(2)34)16-26(41-20(3)35)28(42-27)38-15-14-29-43(36,37)24-12-8-22(9-13-24)31-30-21-6-10-23(11-7-21)32(4)5/h6-13,25-29H,14-17H2,1-5H3/b31-30+/t25-,26+,27+,28+/m0/s1. The minimum atomic E-state index is -3.89. The fraction of sp³-hybridized carbons (Fsp3) is 0.464. The summed E-state index contributed by atoms with van der Waals surface area (Å²) in [5.74, 6) is -1.78. The van der Waals surface area contributed by atoms with Crippen LogP contribution in [0.15, 0.2) is 63.7 Å². The van der Waals surface area contributed by atoms with Gasteiger partial charge in [0, 0.05) is 53.5 Å². The highest BCUT2D eigenvalue weighted by atomic mass is 32.2. The highest BCUT2D eigenvalue weighted by Gasteiger charge is 2.43. The molecule has 4 atom stereocenters. The van der Waals surface area contributed by atoms with Crippen molar-refractivity contribution < 1.29 is 46.5 Å². The van der Waals surface area contributed by atoms with Crippen molar-refractivity contribution in [1.29, 1.82) is 0 Å². The Balaban J connectivity index is 1.57. The lowest BCUT2D eigenvalue weighted by molar-refractivity contribution is -0.276. The molecule has 1 aliphatic rings. The first-order chi connectivity index (χ1) is 20.3. The van der Waals surface area contributed by atoms with Crippen molar-refractivity contribution in [2.45, 2.75) is 56.7 Å². The number of rotatable bonds is 13. The van der Waals surface area contributed by atoms with Crippen LogP contribution in [-0.2, 0) is 48.1 Å². The third-order valence-corrected chi connectivity index (χ3v) is 7.52. The molecule has 0 spiro atoms.